The molecule has 0 saturated heterocycles. The van der Waals surface area contributed by atoms with E-state index in [-0.39, 0.29) is 10.7 Å². The van der Waals surface area contributed by atoms with Crippen molar-refractivity contribution in [2.75, 3.05) is 5.32 Å². The lowest BCUT2D eigenvalue weighted by Gasteiger charge is -2.25. The molecule has 0 heterocycles. The SMILES string of the molecule is CCC(N)(CC)C(=O)Nc1cc(Cl)cc(C(F)(F)F)c1. The van der Waals surface area contributed by atoms with Gasteiger partial charge < -0.3 is 11.1 Å². The third-order valence-corrected chi connectivity index (χ3v) is 3.42. The van der Waals surface area contributed by atoms with Gasteiger partial charge in [0.1, 0.15) is 0 Å². The van der Waals surface area contributed by atoms with Gasteiger partial charge in [-0.15, -0.1) is 0 Å². The second kappa shape index (κ2) is 6.01. The number of hydrogen-bond donors (Lipinski definition) is 2. The molecular formula is C13H16ClF3N2O. The molecule has 7 heteroatoms. The molecule has 3 N–H and O–H groups in total. The Hall–Kier alpha value is -1.27. The van der Waals surface area contributed by atoms with Gasteiger partial charge in [-0.3, -0.25) is 4.79 Å². The van der Waals surface area contributed by atoms with Crippen molar-refractivity contribution in [1.29, 1.82) is 0 Å². The molecule has 1 aromatic rings. The Morgan fingerprint density at radius 3 is 2.25 bits per heavy atom. The lowest BCUT2D eigenvalue weighted by atomic mass is 9.93. The van der Waals surface area contributed by atoms with Gasteiger partial charge >= 0.3 is 6.18 Å². The normalized spacial score (nSPS) is 12.3. The molecule has 0 aliphatic rings. The first-order valence-corrected chi connectivity index (χ1v) is 6.48. The van der Waals surface area contributed by atoms with Crippen LogP contribution in [0.15, 0.2) is 18.2 Å². The topological polar surface area (TPSA) is 55.1 Å². The molecule has 3 nitrogen and oxygen atoms in total. The molecule has 0 atom stereocenters. The van der Waals surface area contributed by atoms with Gasteiger partial charge in [0.05, 0.1) is 11.1 Å². The van der Waals surface area contributed by atoms with Gasteiger partial charge in [-0.05, 0) is 31.0 Å². The van der Waals surface area contributed by atoms with Crippen molar-refractivity contribution >= 4 is 23.2 Å². The molecule has 0 radical (unpaired) electrons. The fourth-order valence-electron chi connectivity index (χ4n) is 1.65. The van der Waals surface area contributed by atoms with E-state index in [4.69, 9.17) is 17.3 Å². The summed E-state index contributed by atoms with van der Waals surface area (Å²) in [7, 11) is 0. The summed E-state index contributed by atoms with van der Waals surface area (Å²) < 4.78 is 38.0. The number of alkyl halides is 3. The molecule has 0 aliphatic heterocycles. The second-order valence-corrected chi connectivity index (χ2v) is 4.98. The Labute approximate surface area is 120 Å². The van der Waals surface area contributed by atoms with Crippen LogP contribution in [0.5, 0.6) is 0 Å². The van der Waals surface area contributed by atoms with Crippen LogP contribution in [-0.2, 0) is 11.0 Å². The van der Waals surface area contributed by atoms with Crippen molar-refractivity contribution in [1.82, 2.24) is 0 Å². The Morgan fingerprint density at radius 2 is 1.80 bits per heavy atom. The monoisotopic (exact) mass is 308 g/mol. The molecular weight excluding hydrogens is 293 g/mol. The Bertz CT molecular complexity index is 499. The number of nitrogens with two attached hydrogens (primary N) is 1. The van der Waals surface area contributed by atoms with Gasteiger partial charge in [0, 0.05) is 10.7 Å². The zero-order chi connectivity index (χ0) is 15.6. The lowest BCUT2D eigenvalue weighted by Crippen LogP contribution is -2.50. The molecule has 0 fully saturated rings. The molecule has 1 aromatic carbocycles. The Morgan fingerprint density at radius 1 is 1.25 bits per heavy atom. The average Bonchev–Trinajstić information content (AvgIpc) is 2.36. The lowest BCUT2D eigenvalue weighted by molar-refractivity contribution is -0.137. The van der Waals surface area contributed by atoms with Crippen molar-refractivity contribution in [2.45, 2.75) is 38.4 Å². The molecule has 0 aliphatic carbocycles. The van der Waals surface area contributed by atoms with Crippen molar-refractivity contribution in [3.8, 4) is 0 Å². The molecule has 20 heavy (non-hydrogen) atoms. The number of carbonyl (C=O) groups excluding carboxylic acids is 1. The molecule has 0 spiro atoms. The fourth-order valence-corrected chi connectivity index (χ4v) is 1.89. The summed E-state index contributed by atoms with van der Waals surface area (Å²) in [6.07, 6.45) is -3.77. The highest BCUT2D eigenvalue weighted by molar-refractivity contribution is 6.31. The number of nitrogens with one attached hydrogen (secondary N) is 1. The minimum absolute atomic E-state index is 0.0217. The number of carbonyl (C=O) groups is 1. The number of rotatable bonds is 4. The third-order valence-electron chi connectivity index (χ3n) is 3.20. The van der Waals surface area contributed by atoms with Gasteiger partial charge in [-0.1, -0.05) is 25.4 Å². The van der Waals surface area contributed by atoms with E-state index in [2.05, 4.69) is 5.32 Å². The smallest absolute Gasteiger partial charge is 0.324 e. The number of amides is 1. The van der Waals surface area contributed by atoms with E-state index in [9.17, 15) is 18.0 Å². The maximum atomic E-state index is 12.7. The van der Waals surface area contributed by atoms with E-state index in [0.29, 0.717) is 12.8 Å². The number of halogens is 4. The van der Waals surface area contributed by atoms with E-state index in [0.717, 1.165) is 12.1 Å². The maximum absolute atomic E-state index is 12.7. The van der Waals surface area contributed by atoms with Crippen molar-refractivity contribution < 1.29 is 18.0 Å². The molecule has 112 valence electrons. The van der Waals surface area contributed by atoms with Crippen LogP contribution in [0.4, 0.5) is 18.9 Å². The molecule has 0 aromatic heterocycles. The first-order chi connectivity index (χ1) is 9.12. The zero-order valence-electron chi connectivity index (χ0n) is 11.1. The summed E-state index contributed by atoms with van der Waals surface area (Å²) in [5, 5.41) is 2.28. The van der Waals surface area contributed by atoms with Crippen LogP contribution < -0.4 is 11.1 Å². The predicted octanol–water partition coefficient (Wildman–Crippen LogP) is 3.81. The second-order valence-electron chi connectivity index (χ2n) is 4.54. The quantitative estimate of drug-likeness (QED) is 0.888. The maximum Gasteiger partial charge on any atom is 0.416 e. The van der Waals surface area contributed by atoms with Gasteiger partial charge in [0.2, 0.25) is 5.91 Å². The van der Waals surface area contributed by atoms with Crippen LogP contribution in [-0.4, -0.2) is 11.4 Å². The van der Waals surface area contributed by atoms with Gasteiger partial charge in [-0.2, -0.15) is 13.2 Å². The van der Waals surface area contributed by atoms with E-state index < -0.39 is 23.2 Å². The summed E-state index contributed by atoms with van der Waals surface area (Å²) in [5.41, 5.74) is 3.83. The van der Waals surface area contributed by atoms with Crippen LogP contribution in [0.2, 0.25) is 5.02 Å². The highest BCUT2D eigenvalue weighted by Crippen LogP contribution is 2.33. The van der Waals surface area contributed by atoms with Crippen LogP contribution in [0.3, 0.4) is 0 Å². The molecule has 1 rings (SSSR count). The van der Waals surface area contributed by atoms with E-state index in [1.54, 1.807) is 13.8 Å². The minimum Gasteiger partial charge on any atom is -0.324 e. The first kappa shape index (κ1) is 16.8. The summed E-state index contributed by atoms with van der Waals surface area (Å²) in [6.45, 7) is 3.48. The van der Waals surface area contributed by atoms with E-state index in [1.807, 2.05) is 0 Å². The standard InChI is InChI=1S/C13H16ClF3N2O/c1-3-12(18,4-2)11(20)19-10-6-8(13(15,16)17)5-9(14)7-10/h5-7H,3-4,18H2,1-2H3,(H,19,20). The highest BCUT2D eigenvalue weighted by atomic mass is 35.5. The number of hydrogen-bond acceptors (Lipinski definition) is 2. The summed E-state index contributed by atoms with van der Waals surface area (Å²) in [6, 6.07) is 2.88. The molecule has 0 bridgehead atoms. The van der Waals surface area contributed by atoms with Gasteiger partial charge in [0.15, 0.2) is 0 Å². The molecule has 0 saturated carbocycles. The predicted molar refractivity (Wildman–Crippen MR) is 72.6 cm³/mol. The van der Waals surface area contributed by atoms with Crippen LogP contribution in [0.25, 0.3) is 0 Å². The Kier molecular flexibility index (Phi) is 5.05. The largest absolute Gasteiger partial charge is 0.416 e. The van der Waals surface area contributed by atoms with Crippen molar-refractivity contribution in [2.24, 2.45) is 5.73 Å². The van der Waals surface area contributed by atoms with E-state index >= 15 is 0 Å². The molecule has 0 unspecified atom stereocenters. The molecule has 1 amide bonds. The summed E-state index contributed by atoms with van der Waals surface area (Å²) in [4.78, 5) is 12.0. The number of anilines is 1. The number of benzene rings is 1. The first-order valence-electron chi connectivity index (χ1n) is 6.10. The fraction of sp³-hybridized carbons (Fsp3) is 0.462. The van der Waals surface area contributed by atoms with Crippen molar-refractivity contribution in [3.05, 3.63) is 28.8 Å². The van der Waals surface area contributed by atoms with Crippen LogP contribution >= 0.6 is 11.6 Å². The van der Waals surface area contributed by atoms with Gasteiger partial charge in [0.25, 0.3) is 0 Å². The van der Waals surface area contributed by atoms with E-state index in [1.165, 1.54) is 6.07 Å². The summed E-state index contributed by atoms with van der Waals surface area (Å²) >= 11 is 5.64. The average molecular weight is 309 g/mol. The minimum atomic E-state index is -4.53. The third kappa shape index (κ3) is 3.86. The van der Waals surface area contributed by atoms with Crippen LogP contribution in [0, 0.1) is 0 Å². The van der Waals surface area contributed by atoms with Crippen molar-refractivity contribution in [3.63, 3.8) is 0 Å². The Balaban J connectivity index is 3.05. The summed E-state index contributed by atoms with van der Waals surface area (Å²) in [5.74, 6) is -0.530. The van der Waals surface area contributed by atoms with Gasteiger partial charge in [-0.25, -0.2) is 0 Å². The van der Waals surface area contributed by atoms with Crippen LogP contribution in [0.1, 0.15) is 32.3 Å². The zero-order valence-corrected chi connectivity index (χ0v) is 11.9. The highest BCUT2D eigenvalue weighted by Gasteiger charge is 2.33.